The third-order valence-corrected chi connectivity index (χ3v) is 6.19. The molecule has 0 radical (unpaired) electrons. The zero-order chi connectivity index (χ0) is 18.9. The van der Waals surface area contributed by atoms with Gasteiger partial charge in [0.15, 0.2) is 0 Å². The summed E-state index contributed by atoms with van der Waals surface area (Å²) in [6.45, 7) is 8.35. The Kier molecular flexibility index (Phi) is 8.81. The van der Waals surface area contributed by atoms with Crippen molar-refractivity contribution in [1.29, 1.82) is 0 Å². The van der Waals surface area contributed by atoms with Crippen molar-refractivity contribution in [2.45, 2.75) is 117 Å². The van der Waals surface area contributed by atoms with E-state index in [0.717, 1.165) is 35.3 Å². The van der Waals surface area contributed by atoms with Crippen LogP contribution in [0, 0.1) is 20.8 Å². The molecule has 0 aromatic heterocycles. The van der Waals surface area contributed by atoms with Gasteiger partial charge in [0.05, 0.1) is 0 Å². The number of hydrogen-bond donors (Lipinski definition) is 1. The van der Waals surface area contributed by atoms with Crippen LogP contribution in [0.3, 0.4) is 0 Å². The number of benzene rings is 1. The highest BCUT2D eigenvalue weighted by molar-refractivity contribution is 5.59. The molecule has 26 heavy (non-hydrogen) atoms. The Morgan fingerprint density at radius 3 is 1.88 bits per heavy atom. The van der Waals surface area contributed by atoms with Crippen LogP contribution < -0.4 is 4.74 Å². The minimum atomic E-state index is 0.308. The normalized spacial score (nSPS) is 15.9. The SMILES string of the molecule is CCCCCCCCCCCCCC1Cc2c(C)c(O)c(C)c(C)c2O1. The molecule has 1 aliphatic rings. The van der Waals surface area contributed by atoms with E-state index in [1.807, 2.05) is 13.8 Å². The van der Waals surface area contributed by atoms with Gasteiger partial charge in [0, 0.05) is 12.0 Å². The highest BCUT2D eigenvalue weighted by Gasteiger charge is 2.28. The lowest BCUT2D eigenvalue weighted by molar-refractivity contribution is 0.215. The van der Waals surface area contributed by atoms with Gasteiger partial charge >= 0.3 is 0 Å². The van der Waals surface area contributed by atoms with E-state index in [9.17, 15) is 5.11 Å². The van der Waals surface area contributed by atoms with Gasteiger partial charge in [0.2, 0.25) is 0 Å². The maximum Gasteiger partial charge on any atom is 0.126 e. The maximum atomic E-state index is 10.3. The van der Waals surface area contributed by atoms with Crippen LogP contribution in [0.1, 0.15) is 106 Å². The van der Waals surface area contributed by atoms with E-state index in [1.54, 1.807) is 0 Å². The molecule has 1 aromatic carbocycles. The predicted octanol–water partition coefficient (Wildman–Crippen LogP) is 7.32. The highest BCUT2D eigenvalue weighted by atomic mass is 16.5. The van der Waals surface area contributed by atoms with E-state index in [4.69, 9.17) is 4.74 Å². The Hall–Kier alpha value is -1.18. The average Bonchev–Trinajstić information content (AvgIpc) is 3.07. The Labute approximate surface area is 161 Å². The maximum absolute atomic E-state index is 10.3. The molecule has 1 N–H and O–H groups in total. The van der Waals surface area contributed by atoms with Gasteiger partial charge in [-0.2, -0.15) is 0 Å². The molecule has 0 spiro atoms. The number of phenols is 1. The molecule has 2 rings (SSSR count). The van der Waals surface area contributed by atoms with Crippen molar-refractivity contribution in [3.63, 3.8) is 0 Å². The van der Waals surface area contributed by atoms with Crippen LogP contribution in [0.4, 0.5) is 0 Å². The first-order chi connectivity index (χ1) is 12.6. The zero-order valence-corrected chi connectivity index (χ0v) is 17.6. The van der Waals surface area contributed by atoms with Gasteiger partial charge in [-0.25, -0.2) is 0 Å². The van der Waals surface area contributed by atoms with Gasteiger partial charge in [-0.15, -0.1) is 0 Å². The van der Waals surface area contributed by atoms with Crippen molar-refractivity contribution in [3.8, 4) is 11.5 Å². The van der Waals surface area contributed by atoms with E-state index >= 15 is 0 Å². The lowest BCUT2D eigenvalue weighted by Gasteiger charge is -2.13. The van der Waals surface area contributed by atoms with Gasteiger partial charge in [0.25, 0.3) is 0 Å². The molecule has 2 heteroatoms. The van der Waals surface area contributed by atoms with Crippen LogP contribution in [-0.4, -0.2) is 11.2 Å². The number of aromatic hydroxyl groups is 1. The van der Waals surface area contributed by atoms with Gasteiger partial charge < -0.3 is 9.84 Å². The molecule has 1 aromatic rings. The van der Waals surface area contributed by atoms with E-state index in [1.165, 1.54) is 76.2 Å². The minimum absolute atomic E-state index is 0.308. The number of phenolic OH excluding ortho intramolecular Hbond substituents is 1. The number of rotatable bonds is 12. The molecular weight excluding hydrogens is 320 g/mol. The fraction of sp³-hybridized carbons (Fsp3) is 0.750. The standard InChI is InChI=1S/C24H40O2/c1-5-6-7-8-9-10-11-12-13-14-15-16-21-17-22-20(4)23(25)18(2)19(3)24(22)26-21/h21,25H,5-17H2,1-4H3. The van der Waals surface area contributed by atoms with Crippen molar-refractivity contribution in [3.05, 3.63) is 22.3 Å². The van der Waals surface area contributed by atoms with Gasteiger partial charge in [-0.05, 0) is 50.3 Å². The molecule has 1 aliphatic heterocycles. The Morgan fingerprint density at radius 2 is 1.31 bits per heavy atom. The topological polar surface area (TPSA) is 29.5 Å². The third kappa shape index (κ3) is 5.66. The Balaban J connectivity index is 1.58. The summed E-state index contributed by atoms with van der Waals surface area (Å²) in [6.07, 6.45) is 17.6. The molecule has 0 saturated heterocycles. The number of hydrogen-bond acceptors (Lipinski definition) is 2. The molecule has 0 amide bonds. The summed E-state index contributed by atoms with van der Waals surface area (Å²) >= 11 is 0. The largest absolute Gasteiger partial charge is 0.507 e. The molecule has 1 atom stereocenters. The van der Waals surface area contributed by atoms with Crippen LogP contribution in [-0.2, 0) is 6.42 Å². The number of fused-ring (bicyclic) bond motifs is 1. The van der Waals surface area contributed by atoms with Crippen molar-refractivity contribution >= 4 is 0 Å². The third-order valence-electron chi connectivity index (χ3n) is 6.19. The quantitative estimate of drug-likeness (QED) is 0.396. The second kappa shape index (κ2) is 10.8. The lowest BCUT2D eigenvalue weighted by Crippen LogP contribution is -2.12. The molecule has 148 valence electrons. The van der Waals surface area contributed by atoms with Crippen molar-refractivity contribution in [1.82, 2.24) is 0 Å². The zero-order valence-electron chi connectivity index (χ0n) is 17.6. The Bertz CT molecular complexity index is 525. The summed E-state index contributed by atoms with van der Waals surface area (Å²) in [5.41, 5.74) is 4.34. The van der Waals surface area contributed by atoms with Crippen molar-refractivity contribution in [2.75, 3.05) is 0 Å². The monoisotopic (exact) mass is 360 g/mol. The molecule has 0 saturated carbocycles. The second-order valence-corrected chi connectivity index (χ2v) is 8.30. The molecular formula is C24H40O2. The summed E-state index contributed by atoms with van der Waals surface area (Å²) < 4.78 is 6.24. The lowest BCUT2D eigenvalue weighted by atomic mass is 9.95. The van der Waals surface area contributed by atoms with E-state index in [2.05, 4.69) is 13.8 Å². The number of ether oxygens (including phenoxy) is 1. The fourth-order valence-corrected chi connectivity index (χ4v) is 4.21. The number of unbranched alkanes of at least 4 members (excludes halogenated alkanes) is 10. The molecule has 2 nitrogen and oxygen atoms in total. The summed E-state index contributed by atoms with van der Waals surface area (Å²) in [5.74, 6) is 1.51. The van der Waals surface area contributed by atoms with Crippen molar-refractivity contribution in [2.24, 2.45) is 0 Å². The van der Waals surface area contributed by atoms with Crippen LogP contribution in [0.5, 0.6) is 11.5 Å². The summed E-state index contributed by atoms with van der Waals surface area (Å²) in [7, 11) is 0. The molecule has 1 unspecified atom stereocenters. The molecule has 0 fully saturated rings. The van der Waals surface area contributed by atoms with Gasteiger partial charge in [-0.1, -0.05) is 71.1 Å². The van der Waals surface area contributed by atoms with E-state index < -0.39 is 0 Å². The summed E-state index contributed by atoms with van der Waals surface area (Å²) in [4.78, 5) is 0. The molecule has 1 heterocycles. The van der Waals surface area contributed by atoms with Crippen LogP contribution >= 0.6 is 0 Å². The van der Waals surface area contributed by atoms with Gasteiger partial charge in [0.1, 0.15) is 17.6 Å². The van der Waals surface area contributed by atoms with Crippen LogP contribution in [0.25, 0.3) is 0 Å². The predicted molar refractivity (Wildman–Crippen MR) is 112 cm³/mol. The van der Waals surface area contributed by atoms with Gasteiger partial charge in [-0.3, -0.25) is 0 Å². The molecule has 0 aliphatic carbocycles. The smallest absolute Gasteiger partial charge is 0.126 e. The molecule has 0 bridgehead atoms. The van der Waals surface area contributed by atoms with E-state index in [-0.39, 0.29) is 0 Å². The van der Waals surface area contributed by atoms with Crippen molar-refractivity contribution < 1.29 is 9.84 Å². The van der Waals surface area contributed by atoms with Crippen LogP contribution in [0.15, 0.2) is 0 Å². The first kappa shape index (κ1) is 21.1. The average molecular weight is 361 g/mol. The van der Waals surface area contributed by atoms with E-state index in [0.29, 0.717) is 11.9 Å². The minimum Gasteiger partial charge on any atom is -0.507 e. The summed E-state index contributed by atoms with van der Waals surface area (Å²) in [6, 6.07) is 0. The highest BCUT2D eigenvalue weighted by Crippen LogP contribution is 2.42. The fourth-order valence-electron chi connectivity index (χ4n) is 4.21. The second-order valence-electron chi connectivity index (χ2n) is 8.30. The first-order valence-corrected chi connectivity index (χ1v) is 11.0. The van der Waals surface area contributed by atoms with Crippen LogP contribution in [0.2, 0.25) is 0 Å². The Morgan fingerprint density at radius 1 is 0.769 bits per heavy atom. The summed E-state index contributed by atoms with van der Waals surface area (Å²) in [5, 5.41) is 10.3. The first-order valence-electron chi connectivity index (χ1n) is 11.0.